The van der Waals surface area contributed by atoms with Crippen LogP contribution in [0, 0.1) is 11.8 Å². The number of ether oxygens (including phenoxy) is 2. The quantitative estimate of drug-likeness (QED) is 0.552. The van der Waals surface area contributed by atoms with Gasteiger partial charge in [-0.25, -0.2) is 4.79 Å². The summed E-state index contributed by atoms with van der Waals surface area (Å²) in [5.74, 6) is 0.393. The number of carbonyl (C=O) groups is 2. The molecule has 1 aromatic heterocycles. The molecule has 0 radical (unpaired) electrons. The molecule has 1 saturated heterocycles. The van der Waals surface area contributed by atoms with Crippen LogP contribution in [0.2, 0.25) is 0 Å². The molecule has 2 fully saturated rings. The SMILES string of the molecule is COC(=O)c1sc(-c2ccccc2)cc1N(CC1CCCO1)C(=O)C1CCC(C)CC1. The van der Waals surface area contributed by atoms with Crippen LogP contribution in [0.5, 0.6) is 0 Å². The first-order valence-corrected chi connectivity index (χ1v) is 12.1. The third-order valence-electron chi connectivity index (χ3n) is 6.47. The smallest absolute Gasteiger partial charge is 0.350 e. The maximum Gasteiger partial charge on any atom is 0.350 e. The molecule has 1 aliphatic carbocycles. The van der Waals surface area contributed by atoms with Crippen LogP contribution < -0.4 is 4.90 Å². The number of thiophene rings is 1. The van der Waals surface area contributed by atoms with Crippen LogP contribution in [-0.4, -0.2) is 38.2 Å². The van der Waals surface area contributed by atoms with E-state index in [-0.39, 0.29) is 17.9 Å². The second kappa shape index (κ2) is 9.96. The molecule has 1 aliphatic heterocycles. The molecule has 5 nitrogen and oxygen atoms in total. The van der Waals surface area contributed by atoms with Crippen molar-refractivity contribution in [3.05, 3.63) is 41.3 Å². The van der Waals surface area contributed by atoms with Gasteiger partial charge < -0.3 is 14.4 Å². The summed E-state index contributed by atoms with van der Waals surface area (Å²) >= 11 is 1.39. The lowest BCUT2D eigenvalue weighted by Gasteiger charge is -2.32. The molecule has 2 aromatic rings. The van der Waals surface area contributed by atoms with E-state index in [1.54, 1.807) is 0 Å². The summed E-state index contributed by atoms with van der Waals surface area (Å²) < 4.78 is 11.0. The van der Waals surface area contributed by atoms with Crippen LogP contribution in [0.3, 0.4) is 0 Å². The number of carbonyl (C=O) groups excluding carboxylic acids is 2. The van der Waals surface area contributed by atoms with Gasteiger partial charge in [-0.2, -0.15) is 0 Å². The molecule has 0 bridgehead atoms. The van der Waals surface area contributed by atoms with Gasteiger partial charge in [-0.05, 0) is 56.1 Å². The zero-order valence-corrected chi connectivity index (χ0v) is 19.2. The van der Waals surface area contributed by atoms with Gasteiger partial charge in [-0.15, -0.1) is 11.3 Å². The number of anilines is 1. The van der Waals surface area contributed by atoms with Crippen LogP contribution >= 0.6 is 11.3 Å². The van der Waals surface area contributed by atoms with Gasteiger partial charge in [0.25, 0.3) is 0 Å². The predicted molar refractivity (Wildman–Crippen MR) is 124 cm³/mol. The Morgan fingerprint density at radius 2 is 1.87 bits per heavy atom. The summed E-state index contributed by atoms with van der Waals surface area (Å²) in [6.45, 7) is 3.47. The standard InChI is InChI=1S/C25H31NO4S/c1-17-10-12-19(13-11-17)24(27)26(16-20-9-6-14-30-20)21-15-22(18-7-4-3-5-8-18)31-23(21)25(28)29-2/h3-5,7-8,15,17,19-20H,6,9-14,16H2,1-2H3. The van der Waals surface area contributed by atoms with E-state index in [0.717, 1.165) is 55.6 Å². The normalized spacial score (nSPS) is 23.5. The van der Waals surface area contributed by atoms with Crippen molar-refractivity contribution in [2.45, 2.75) is 51.6 Å². The molecule has 1 unspecified atom stereocenters. The number of benzene rings is 1. The van der Waals surface area contributed by atoms with Gasteiger partial charge in [-0.3, -0.25) is 4.79 Å². The molecule has 6 heteroatoms. The van der Waals surface area contributed by atoms with Gasteiger partial charge in [0.15, 0.2) is 0 Å². The van der Waals surface area contributed by atoms with Gasteiger partial charge in [0.05, 0.1) is 25.4 Å². The van der Waals surface area contributed by atoms with Crippen LogP contribution in [0.25, 0.3) is 10.4 Å². The van der Waals surface area contributed by atoms with E-state index < -0.39 is 5.97 Å². The van der Waals surface area contributed by atoms with Crippen molar-refractivity contribution in [3.63, 3.8) is 0 Å². The lowest BCUT2D eigenvalue weighted by Crippen LogP contribution is -2.42. The number of amides is 1. The van der Waals surface area contributed by atoms with Crippen molar-refractivity contribution < 1.29 is 19.1 Å². The summed E-state index contributed by atoms with van der Waals surface area (Å²) in [6.07, 6.45) is 5.93. The van der Waals surface area contributed by atoms with Crippen molar-refractivity contribution in [1.82, 2.24) is 0 Å². The Balaban J connectivity index is 1.71. The molecule has 2 heterocycles. The van der Waals surface area contributed by atoms with E-state index in [2.05, 4.69) is 6.92 Å². The first-order valence-electron chi connectivity index (χ1n) is 11.3. The lowest BCUT2D eigenvalue weighted by molar-refractivity contribution is -0.123. The van der Waals surface area contributed by atoms with Gasteiger partial charge in [-0.1, -0.05) is 37.3 Å². The van der Waals surface area contributed by atoms with Crippen LogP contribution in [-0.2, 0) is 14.3 Å². The molecule has 1 atom stereocenters. The Bertz CT molecular complexity index is 896. The average Bonchev–Trinajstić information content (AvgIpc) is 3.48. The Morgan fingerprint density at radius 3 is 2.52 bits per heavy atom. The van der Waals surface area contributed by atoms with E-state index in [4.69, 9.17) is 9.47 Å². The van der Waals surface area contributed by atoms with E-state index in [0.29, 0.717) is 23.0 Å². The zero-order chi connectivity index (χ0) is 21.8. The summed E-state index contributed by atoms with van der Waals surface area (Å²) in [6, 6.07) is 11.9. The number of rotatable bonds is 6. The summed E-state index contributed by atoms with van der Waals surface area (Å²) in [4.78, 5) is 29.7. The fraction of sp³-hybridized carbons (Fsp3) is 0.520. The van der Waals surface area contributed by atoms with E-state index in [1.807, 2.05) is 41.3 Å². The van der Waals surface area contributed by atoms with Gasteiger partial charge in [0, 0.05) is 17.4 Å². The topological polar surface area (TPSA) is 55.8 Å². The van der Waals surface area contributed by atoms with Crippen molar-refractivity contribution in [2.24, 2.45) is 11.8 Å². The first kappa shape index (κ1) is 22.0. The zero-order valence-electron chi connectivity index (χ0n) is 18.3. The number of nitrogens with zero attached hydrogens (tertiary/aromatic N) is 1. The minimum Gasteiger partial charge on any atom is -0.465 e. The largest absolute Gasteiger partial charge is 0.465 e. The van der Waals surface area contributed by atoms with Gasteiger partial charge in [0.2, 0.25) is 5.91 Å². The van der Waals surface area contributed by atoms with Crippen molar-refractivity contribution >= 4 is 28.9 Å². The second-order valence-corrected chi connectivity index (χ2v) is 9.78. The number of hydrogen-bond acceptors (Lipinski definition) is 5. The van der Waals surface area contributed by atoms with Crippen molar-refractivity contribution in [2.75, 3.05) is 25.2 Å². The molecule has 4 rings (SSSR count). The fourth-order valence-electron chi connectivity index (χ4n) is 4.59. The summed E-state index contributed by atoms with van der Waals surface area (Å²) in [7, 11) is 1.39. The van der Waals surface area contributed by atoms with Gasteiger partial charge >= 0.3 is 5.97 Å². The Morgan fingerprint density at radius 1 is 1.13 bits per heavy atom. The molecule has 2 aliphatic rings. The minimum absolute atomic E-state index is 0.00294. The number of methoxy groups -OCH3 is 1. The number of hydrogen-bond donors (Lipinski definition) is 0. The van der Waals surface area contributed by atoms with E-state index in [1.165, 1.54) is 18.4 Å². The number of esters is 1. The fourth-order valence-corrected chi connectivity index (χ4v) is 5.68. The average molecular weight is 442 g/mol. The monoisotopic (exact) mass is 441 g/mol. The van der Waals surface area contributed by atoms with Crippen LogP contribution in [0.4, 0.5) is 5.69 Å². The molecule has 166 valence electrons. The molecule has 1 amide bonds. The third kappa shape index (κ3) is 5.01. The molecule has 0 spiro atoms. The van der Waals surface area contributed by atoms with E-state index in [9.17, 15) is 9.59 Å². The summed E-state index contributed by atoms with van der Waals surface area (Å²) in [5.41, 5.74) is 1.69. The summed E-state index contributed by atoms with van der Waals surface area (Å²) in [5, 5.41) is 0. The predicted octanol–water partition coefficient (Wildman–Crippen LogP) is 5.54. The highest BCUT2D eigenvalue weighted by molar-refractivity contribution is 7.18. The Kier molecular flexibility index (Phi) is 7.08. The Hall–Kier alpha value is -2.18. The van der Waals surface area contributed by atoms with Crippen LogP contribution in [0.15, 0.2) is 36.4 Å². The highest BCUT2D eigenvalue weighted by Crippen LogP contribution is 2.39. The van der Waals surface area contributed by atoms with E-state index >= 15 is 0 Å². The second-order valence-electron chi connectivity index (χ2n) is 8.72. The van der Waals surface area contributed by atoms with Crippen molar-refractivity contribution in [3.8, 4) is 10.4 Å². The Labute approximate surface area is 188 Å². The molecule has 31 heavy (non-hydrogen) atoms. The third-order valence-corrected chi connectivity index (χ3v) is 7.63. The van der Waals surface area contributed by atoms with Gasteiger partial charge in [0.1, 0.15) is 4.88 Å². The maximum absolute atomic E-state index is 13.7. The first-order chi connectivity index (χ1) is 15.1. The highest BCUT2D eigenvalue weighted by atomic mass is 32.1. The highest BCUT2D eigenvalue weighted by Gasteiger charge is 2.34. The molecular weight excluding hydrogens is 410 g/mol. The van der Waals surface area contributed by atoms with Crippen LogP contribution in [0.1, 0.15) is 55.1 Å². The maximum atomic E-state index is 13.7. The molecule has 0 N–H and O–H groups in total. The lowest BCUT2D eigenvalue weighted by atomic mass is 9.82. The molecule has 1 aromatic carbocycles. The molecular formula is C25H31NO4S. The minimum atomic E-state index is -0.399. The van der Waals surface area contributed by atoms with Crippen molar-refractivity contribution in [1.29, 1.82) is 0 Å². The molecule has 1 saturated carbocycles.